The molecule has 0 spiro atoms. The van der Waals surface area contributed by atoms with Gasteiger partial charge in [-0.05, 0) is 25.0 Å². The Kier molecular flexibility index (Phi) is 1.77. The Bertz CT molecular complexity index is 296. The van der Waals surface area contributed by atoms with E-state index in [0.717, 1.165) is 24.2 Å². The second-order valence-corrected chi connectivity index (χ2v) is 3.32. The molecule has 0 radical (unpaired) electrons. The van der Waals surface area contributed by atoms with Crippen molar-refractivity contribution in [2.24, 2.45) is 0 Å². The smallest absolute Gasteiger partial charge is 0.0826 e. The molecule has 2 heteroatoms. The van der Waals surface area contributed by atoms with Crippen molar-refractivity contribution in [3.8, 4) is 0 Å². The number of nitrogens with one attached hydrogen (secondary N) is 1. The summed E-state index contributed by atoms with van der Waals surface area (Å²) < 4.78 is 0. The van der Waals surface area contributed by atoms with Crippen molar-refractivity contribution < 1.29 is 5.11 Å². The fraction of sp³-hybridized carbons (Fsp3) is 0.400. The van der Waals surface area contributed by atoms with Gasteiger partial charge in [-0.1, -0.05) is 12.1 Å². The number of benzene rings is 1. The molecule has 2 rings (SSSR count). The Hall–Kier alpha value is -1.02. The zero-order valence-corrected chi connectivity index (χ0v) is 7.17. The molecule has 64 valence electrons. The van der Waals surface area contributed by atoms with Crippen LogP contribution in [0.15, 0.2) is 18.2 Å². The first-order valence-corrected chi connectivity index (χ1v) is 4.30. The van der Waals surface area contributed by atoms with Gasteiger partial charge in [0.2, 0.25) is 0 Å². The number of aliphatic hydroxyl groups is 1. The maximum Gasteiger partial charge on any atom is 0.0826 e. The molecule has 0 bridgehead atoms. The van der Waals surface area contributed by atoms with E-state index in [0.29, 0.717) is 0 Å². The largest absolute Gasteiger partial charge is 0.388 e. The second-order valence-electron chi connectivity index (χ2n) is 3.32. The van der Waals surface area contributed by atoms with Crippen molar-refractivity contribution in [3.05, 3.63) is 29.3 Å². The molecule has 1 atom stereocenters. The fourth-order valence-electron chi connectivity index (χ4n) is 1.61. The van der Waals surface area contributed by atoms with E-state index in [1.54, 1.807) is 0 Å². The zero-order chi connectivity index (χ0) is 8.55. The molecule has 2 nitrogen and oxygen atoms in total. The summed E-state index contributed by atoms with van der Waals surface area (Å²) in [6.45, 7) is 2.93. The third kappa shape index (κ3) is 1.18. The summed E-state index contributed by atoms with van der Waals surface area (Å²) >= 11 is 0. The lowest BCUT2D eigenvalue weighted by molar-refractivity contribution is 0.168. The van der Waals surface area contributed by atoms with Gasteiger partial charge >= 0.3 is 0 Å². The third-order valence-corrected chi connectivity index (χ3v) is 2.30. The van der Waals surface area contributed by atoms with E-state index in [1.807, 2.05) is 12.1 Å². The van der Waals surface area contributed by atoms with Crippen LogP contribution in [0.4, 0.5) is 5.69 Å². The fourth-order valence-corrected chi connectivity index (χ4v) is 1.61. The average molecular weight is 163 g/mol. The van der Waals surface area contributed by atoms with Crippen LogP contribution in [0.3, 0.4) is 0 Å². The van der Waals surface area contributed by atoms with E-state index in [-0.39, 0.29) is 6.10 Å². The first-order valence-electron chi connectivity index (χ1n) is 4.30. The van der Waals surface area contributed by atoms with Crippen molar-refractivity contribution in [2.45, 2.75) is 19.4 Å². The second kappa shape index (κ2) is 2.79. The highest BCUT2D eigenvalue weighted by molar-refractivity contribution is 5.55. The van der Waals surface area contributed by atoms with Gasteiger partial charge in [0.1, 0.15) is 0 Å². The van der Waals surface area contributed by atoms with E-state index >= 15 is 0 Å². The molecule has 1 aromatic rings. The van der Waals surface area contributed by atoms with Gasteiger partial charge in [0.15, 0.2) is 0 Å². The molecule has 1 aliphatic heterocycles. The van der Waals surface area contributed by atoms with Gasteiger partial charge < -0.3 is 10.4 Å². The molecule has 1 aromatic carbocycles. The van der Waals surface area contributed by atoms with Gasteiger partial charge in [-0.3, -0.25) is 0 Å². The maximum atomic E-state index is 9.61. The molecule has 2 N–H and O–H groups in total. The molecule has 0 aromatic heterocycles. The molecule has 12 heavy (non-hydrogen) atoms. The summed E-state index contributed by atoms with van der Waals surface area (Å²) in [5.41, 5.74) is 3.36. The minimum absolute atomic E-state index is 0.276. The molecular formula is C10H13NO. The standard InChI is InChI=1S/C10H13NO/c1-7-2-3-8-9(6-7)11-5-4-10(8)12/h2-3,6,10-12H,4-5H2,1H3. The SMILES string of the molecule is Cc1ccc2c(c1)NCCC2O. The van der Waals surface area contributed by atoms with Gasteiger partial charge in [0, 0.05) is 17.8 Å². The molecule has 0 saturated carbocycles. The number of aliphatic hydroxyl groups excluding tert-OH is 1. The van der Waals surface area contributed by atoms with Gasteiger partial charge in [-0.25, -0.2) is 0 Å². The monoisotopic (exact) mass is 163 g/mol. The van der Waals surface area contributed by atoms with Crippen LogP contribution in [0.2, 0.25) is 0 Å². The first kappa shape index (κ1) is 7.62. The Morgan fingerprint density at radius 2 is 2.33 bits per heavy atom. The van der Waals surface area contributed by atoms with Crippen molar-refractivity contribution in [3.63, 3.8) is 0 Å². The molecular weight excluding hydrogens is 150 g/mol. The highest BCUT2D eigenvalue weighted by atomic mass is 16.3. The minimum atomic E-state index is -0.276. The number of fused-ring (bicyclic) bond motifs is 1. The summed E-state index contributed by atoms with van der Waals surface area (Å²) in [6.07, 6.45) is 0.539. The van der Waals surface area contributed by atoms with Crippen LogP contribution in [0.25, 0.3) is 0 Å². The maximum absolute atomic E-state index is 9.61. The lowest BCUT2D eigenvalue weighted by Gasteiger charge is -2.23. The number of aryl methyl sites for hydroxylation is 1. The van der Waals surface area contributed by atoms with Crippen molar-refractivity contribution in [1.82, 2.24) is 0 Å². The van der Waals surface area contributed by atoms with Crippen LogP contribution in [-0.4, -0.2) is 11.7 Å². The van der Waals surface area contributed by atoms with Gasteiger partial charge in [-0.2, -0.15) is 0 Å². The van der Waals surface area contributed by atoms with E-state index in [1.165, 1.54) is 5.56 Å². The molecule has 1 unspecified atom stereocenters. The van der Waals surface area contributed by atoms with Crippen molar-refractivity contribution in [2.75, 3.05) is 11.9 Å². The van der Waals surface area contributed by atoms with E-state index in [9.17, 15) is 5.11 Å². The van der Waals surface area contributed by atoms with E-state index < -0.39 is 0 Å². The molecule has 0 aliphatic carbocycles. The summed E-state index contributed by atoms with van der Waals surface area (Å²) in [4.78, 5) is 0. The van der Waals surface area contributed by atoms with Crippen LogP contribution in [0, 0.1) is 6.92 Å². The van der Waals surface area contributed by atoms with Crippen LogP contribution < -0.4 is 5.32 Å². The lowest BCUT2D eigenvalue weighted by atomic mass is 9.99. The summed E-state index contributed by atoms with van der Waals surface area (Å²) in [5, 5.41) is 12.9. The Balaban J connectivity index is 2.46. The zero-order valence-electron chi connectivity index (χ0n) is 7.17. The normalized spacial score (nSPS) is 21.3. The summed E-state index contributed by atoms with van der Waals surface area (Å²) in [5.74, 6) is 0. The highest BCUT2D eigenvalue weighted by Crippen LogP contribution is 2.29. The predicted molar refractivity (Wildman–Crippen MR) is 49.2 cm³/mol. The van der Waals surface area contributed by atoms with Crippen molar-refractivity contribution in [1.29, 1.82) is 0 Å². The molecule has 1 heterocycles. The number of anilines is 1. The minimum Gasteiger partial charge on any atom is -0.388 e. The van der Waals surface area contributed by atoms with Gasteiger partial charge in [-0.15, -0.1) is 0 Å². The Labute approximate surface area is 72.2 Å². The van der Waals surface area contributed by atoms with Crippen LogP contribution in [-0.2, 0) is 0 Å². The van der Waals surface area contributed by atoms with E-state index in [2.05, 4.69) is 18.3 Å². The van der Waals surface area contributed by atoms with Crippen molar-refractivity contribution >= 4 is 5.69 Å². The highest BCUT2D eigenvalue weighted by Gasteiger charge is 2.16. The molecule has 1 aliphatic rings. The molecule has 0 fully saturated rings. The molecule has 0 amide bonds. The predicted octanol–water partition coefficient (Wildman–Crippen LogP) is 1.84. The lowest BCUT2D eigenvalue weighted by Crippen LogP contribution is -2.16. The van der Waals surface area contributed by atoms with Crippen LogP contribution in [0.5, 0.6) is 0 Å². The molecule has 0 saturated heterocycles. The van der Waals surface area contributed by atoms with Crippen LogP contribution >= 0.6 is 0 Å². The summed E-state index contributed by atoms with van der Waals surface area (Å²) in [6, 6.07) is 6.12. The quantitative estimate of drug-likeness (QED) is 0.611. The Morgan fingerprint density at radius 1 is 1.50 bits per heavy atom. The van der Waals surface area contributed by atoms with Gasteiger partial charge in [0.25, 0.3) is 0 Å². The number of hydrogen-bond donors (Lipinski definition) is 2. The number of hydrogen-bond acceptors (Lipinski definition) is 2. The van der Waals surface area contributed by atoms with E-state index in [4.69, 9.17) is 0 Å². The number of rotatable bonds is 0. The summed E-state index contributed by atoms with van der Waals surface area (Å²) in [7, 11) is 0. The van der Waals surface area contributed by atoms with Crippen LogP contribution in [0.1, 0.15) is 23.7 Å². The topological polar surface area (TPSA) is 32.3 Å². The Morgan fingerprint density at radius 3 is 3.17 bits per heavy atom. The first-order chi connectivity index (χ1) is 5.77. The van der Waals surface area contributed by atoms with Gasteiger partial charge in [0.05, 0.1) is 6.10 Å². The third-order valence-electron chi connectivity index (χ3n) is 2.30. The average Bonchev–Trinajstić information content (AvgIpc) is 2.04.